The summed E-state index contributed by atoms with van der Waals surface area (Å²) in [7, 11) is 0. The molecule has 2 aromatic rings. The number of ether oxygens (including phenoxy) is 1. The van der Waals surface area contributed by atoms with Crippen molar-refractivity contribution in [2.24, 2.45) is 0 Å². The third kappa shape index (κ3) is 2.08. The molecule has 0 fully saturated rings. The first-order chi connectivity index (χ1) is 7.81. The van der Waals surface area contributed by atoms with Gasteiger partial charge in [-0.05, 0) is 19.1 Å². The van der Waals surface area contributed by atoms with Crippen molar-refractivity contribution in [3.63, 3.8) is 0 Å². The van der Waals surface area contributed by atoms with Crippen LogP contribution in [0.25, 0.3) is 11.9 Å². The van der Waals surface area contributed by atoms with E-state index in [0.717, 1.165) is 5.69 Å². The van der Waals surface area contributed by atoms with Crippen LogP contribution in [0, 0.1) is 0 Å². The van der Waals surface area contributed by atoms with E-state index in [0.29, 0.717) is 12.4 Å². The lowest BCUT2D eigenvalue weighted by molar-refractivity contribution is -0.137. The van der Waals surface area contributed by atoms with E-state index >= 15 is 0 Å². The number of aromatic nitrogens is 3. The summed E-state index contributed by atoms with van der Waals surface area (Å²) in [5.41, 5.74) is 0.788. The lowest BCUT2D eigenvalue weighted by atomic mass is 10.4. The number of fused-ring (bicyclic) bond motifs is 1. The summed E-state index contributed by atoms with van der Waals surface area (Å²) in [6.45, 7) is 2.14. The van der Waals surface area contributed by atoms with Gasteiger partial charge in [-0.15, -0.1) is 0 Å². The summed E-state index contributed by atoms with van der Waals surface area (Å²) in [4.78, 5) is 19.3. The fourth-order valence-corrected chi connectivity index (χ4v) is 1.31. The molecule has 2 aromatic heterocycles. The van der Waals surface area contributed by atoms with Gasteiger partial charge in [0.05, 0.1) is 18.5 Å². The van der Waals surface area contributed by atoms with E-state index < -0.39 is 0 Å². The quantitative estimate of drug-likeness (QED) is 0.574. The second-order valence-electron chi connectivity index (χ2n) is 3.06. The van der Waals surface area contributed by atoms with Crippen LogP contribution in [0.3, 0.4) is 0 Å². The minimum atomic E-state index is -0.360. The predicted molar refractivity (Wildman–Crippen MR) is 58.7 cm³/mol. The van der Waals surface area contributed by atoms with Gasteiger partial charge in [-0.3, -0.25) is 4.40 Å². The zero-order valence-electron chi connectivity index (χ0n) is 8.83. The van der Waals surface area contributed by atoms with Crippen LogP contribution in [0.5, 0.6) is 0 Å². The van der Waals surface area contributed by atoms with Crippen molar-refractivity contribution in [1.29, 1.82) is 0 Å². The van der Waals surface area contributed by atoms with Gasteiger partial charge in [0, 0.05) is 18.5 Å². The number of nitrogens with zero attached hydrogens (tertiary/aromatic N) is 3. The summed E-state index contributed by atoms with van der Waals surface area (Å²) in [5.74, 6) is 0.243. The first-order valence-corrected chi connectivity index (χ1v) is 4.94. The molecule has 16 heavy (non-hydrogen) atoms. The third-order valence-corrected chi connectivity index (χ3v) is 1.99. The standard InChI is InChI=1S/C11H11N3O2/c1-2-16-10(15)5-4-9-8-13-11-12-6-3-7-14(9)11/h3-8H,2H2,1H3. The Kier molecular flexibility index (Phi) is 2.95. The SMILES string of the molecule is CCOC(=O)C=Cc1cnc2ncccn12. The Hall–Kier alpha value is -2.17. The monoisotopic (exact) mass is 217 g/mol. The Morgan fingerprint density at radius 1 is 1.56 bits per heavy atom. The van der Waals surface area contributed by atoms with Crippen LogP contribution in [0.15, 0.2) is 30.7 Å². The largest absolute Gasteiger partial charge is 0.463 e. The normalized spacial score (nSPS) is 11.1. The summed E-state index contributed by atoms with van der Waals surface area (Å²) in [6, 6.07) is 1.80. The van der Waals surface area contributed by atoms with Crippen LogP contribution in [-0.2, 0) is 9.53 Å². The van der Waals surface area contributed by atoms with E-state index in [9.17, 15) is 4.79 Å². The molecule has 0 spiro atoms. The van der Waals surface area contributed by atoms with Gasteiger partial charge >= 0.3 is 5.97 Å². The minimum Gasteiger partial charge on any atom is -0.463 e. The van der Waals surface area contributed by atoms with E-state index in [2.05, 4.69) is 9.97 Å². The first-order valence-electron chi connectivity index (χ1n) is 4.94. The van der Waals surface area contributed by atoms with Crippen molar-refractivity contribution in [3.05, 3.63) is 36.4 Å². The van der Waals surface area contributed by atoms with Crippen molar-refractivity contribution in [2.45, 2.75) is 6.92 Å². The van der Waals surface area contributed by atoms with Crippen molar-refractivity contribution in [3.8, 4) is 0 Å². The lowest BCUT2D eigenvalue weighted by Gasteiger charge is -1.95. The number of carbonyl (C=O) groups is 1. The van der Waals surface area contributed by atoms with Crippen molar-refractivity contribution < 1.29 is 9.53 Å². The van der Waals surface area contributed by atoms with Crippen LogP contribution in [0.1, 0.15) is 12.6 Å². The molecule has 82 valence electrons. The molecule has 0 aromatic carbocycles. The molecular weight excluding hydrogens is 206 g/mol. The smallest absolute Gasteiger partial charge is 0.330 e. The second-order valence-corrected chi connectivity index (χ2v) is 3.06. The molecule has 0 N–H and O–H groups in total. The topological polar surface area (TPSA) is 56.5 Å². The fourth-order valence-electron chi connectivity index (χ4n) is 1.31. The first kappa shape index (κ1) is 10.4. The van der Waals surface area contributed by atoms with Crippen molar-refractivity contribution >= 4 is 17.8 Å². The maximum atomic E-state index is 11.1. The molecule has 5 heteroatoms. The molecule has 0 saturated carbocycles. The Labute approximate surface area is 92.4 Å². The van der Waals surface area contributed by atoms with Crippen LogP contribution >= 0.6 is 0 Å². The highest BCUT2D eigenvalue weighted by atomic mass is 16.5. The van der Waals surface area contributed by atoms with Gasteiger partial charge in [0.25, 0.3) is 0 Å². The number of rotatable bonds is 3. The van der Waals surface area contributed by atoms with Gasteiger partial charge in [0.15, 0.2) is 0 Å². The van der Waals surface area contributed by atoms with Crippen LogP contribution in [-0.4, -0.2) is 26.9 Å². The van der Waals surface area contributed by atoms with E-state index in [1.165, 1.54) is 6.08 Å². The van der Waals surface area contributed by atoms with Gasteiger partial charge in [-0.1, -0.05) is 0 Å². The molecule has 0 aliphatic rings. The maximum Gasteiger partial charge on any atom is 0.330 e. The van der Waals surface area contributed by atoms with Crippen LogP contribution < -0.4 is 0 Å². The highest BCUT2D eigenvalue weighted by Crippen LogP contribution is 2.05. The predicted octanol–water partition coefficient (Wildman–Crippen LogP) is 1.31. The number of carbonyl (C=O) groups excluding carboxylic acids is 1. The van der Waals surface area contributed by atoms with Crippen LogP contribution in [0.2, 0.25) is 0 Å². The Morgan fingerprint density at radius 2 is 2.44 bits per heavy atom. The van der Waals surface area contributed by atoms with Crippen molar-refractivity contribution in [2.75, 3.05) is 6.61 Å². The molecule has 0 aliphatic carbocycles. The average Bonchev–Trinajstić information content (AvgIpc) is 2.70. The lowest BCUT2D eigenvalue weighted by Crippen LogP contribution is -1.99. The molecule has 0 radical (unpaired) electrons. The highest BCUT2D eigenvalue weighted by molar-refractivity contribution is 5.86. The Morgan fingerprint density at radius 3 is 3.25 bits per heavy atom. The van der Waals surface area contributed by atoms with E-state index in [1.807, 2.05) is 6.20 Å². The van der Waals surface area contributed by atoms with Gasteiger partial charge in [0.1, 0.15) is 0 Å². The Bertz CT molecular complexity index is 531. The minimum absolute atomic E-state index is 0.360. The van der Waals surface area contributed by atoms with Gasteiger partial charge < -0.3 is 4.74 Å². The second kappa shape index (κ2) is 4.57. The molecule has 0 unspecified atom stereocenters. The third-order valence-electron chi connectivity index (χ3n) is 1.99. The van der Waals surface area contributed by atoms with Gasteiger partial charge in [-0.2, -0.15) is 0 Å². The molecule has 2 heterocycles. The summed E-state index contributed by atoms with van der Waals surface area (Å²) >= 11 is 0. The highest BCUT2D eigenvalue weighted by Gasteiger charge is 2.00. The van der Waals surface area contributed by atoms with E-state index in [1.54, 1.807) is 35.9 Å². The number of imidazole rings is 1. The number of hydrogen-bond donors (Lipinski definition) is 0. The van der Waals surface area contributed by atoms with E-state index in [4.69, 9.17) is 4.74 Å². The van der Waals surface area contributed by atoms with E-state index in [-0.39, 0.29) is 5.97 Å². The molecular formula is C11H11N3O2. The molecule has 0 amide bonds. The Balaban J connectivity index is 2.24. The van der Waals surface area contributed by atoms with Gasteiger partial charge in [-0.25, -0.2) is 14.8 Å². The zero-order chi connectivity index (χ0) is 11.4. The maximum absolute atomic E-state index is 11.1. The summed E-state index contributed by atoms with van der Waals surface area (Å²) in [6.07, 6.45) is 8.18. The molecule has 0 saturated heterocycles. The zero-order valence-corrected chi connectivity index (χ0v) is 8.83. The number of esters is 1. The summed E-state index contributed by atoms with van der Waals surface area (Å²) in [5, 5.41) is 0. The molecule has 2 rings (SSSR count). The summed E-state index contributed by atoms with van der Waals surface area (Å²) < 4.78 is 6.57. The van der Waals surface area contributed by atoms with Gasteiger partial charge in [0.2, 0.25) is 5.78 Å². The molecule has 0 atom stereocenters. The average molecular weight is 217 g/mol. The van der Waals surface area contributed by atoms with Crippen LogP contribution in [0.4, 0.5) is 0 Å². The molecule has 0 aliphatic heterocycles. The molecule has 0 bridgehead atoms. The van der Waals surface area contributed by atoms with Crippen molar-refractivity contribution in [1.82, 2.24) is 14.4 Å². The molecule has 5 nitrogen and oxygen atoms in total. The fraction of sp³-hybridized carbons (Fsp3) is 0.182. The number of hydrogen-bond acceptors (Lipinski definition) is 4.